The summed E-state index contributed by atoms with van der Waals surface area (Å²) in [4.78, 5) is 4.53. The van der Waals surface area contributed by atoms with E-state index >= 15 is 0 Å². The second kappa shape index (κ2) is 4.67. The molecule has 0 radical (unpaired) electrons. The Balaban J connectivity index is 2.93. The van der Waals surface area contributed by atoms with Gasteiger partial charge in [0.05, 0.1) is 15.6 Å². The van der Waals surface area contributed by atoms with E-state index in [4.69, 9.17) is 23.2 Å². The normalized spacial score (nSPS) is 11.1. The molecule has 1 aromatic carbocycles. The number of rotatable bonds is 1. The number of halogens is 3. The highest BCUT2D eigenvalue weighted by molar-refractivity contribution is 14.1. The molecular weight excluding hydrogens is 356 g/mol. The number of benzene rings is 1. The van der Waals surface area contributed by atoms with Crippen LogP contribution in [0.3, 0.4) is 0 Å². The molecule has 0 unspecified atom stereocenters. The fraction of sp³-hybridized carbons (Fsp3) is 0.250. The fourth-order valence-corrected chi connectivity index (χ4v) is 3.30. The van der Waals surface area contributed by atoms with Crippen LogP contribution in [0.25, 0.3) is 10.9 Å². The molecule has 0 aliphatic rings. The van der Waals surface area contributed by atoms with Gasteiger partial charge in [-0.05, 0) is 53.6 Å². The lowest BCUT2D eigenvalue weighted by Gasteiger charge is -2.10. The Morgan fingerprint density at radius 2 is 2.00 bits per heavy atom. The summed E-state index contributed by atoms with van der Waals surface area (Å²) >= 11 is 14.8. The Labute approximate surface area is 118 Å². The van der Waals surface area contributed by atoms with Crippen LogP contribution in [0.5, 0.6) is 0 Å². The summed E-state index contributed by atoms with van der Waals surface area (Å²) in [6.07, 6.45) is 0.886. The third-order valence-corrected chi connectivity index (χ3v) is 3.94. The molecule has 1 nitrogen and oxygen atoms in total. The number of pyridine rings is 1. The quantitative estimate of drug-likeness (QED) is 0.647. The van der Waals surface area contributed by atoms with Gasteiger partial charge in [0.15, 0.2) is 0 Å². The molecule has 1 aromatic heterocycles. The van der Waals surface area contributed by atoms with Crippen LogP contribution in [0.1, 0.15) is 18.2 Å². The van der Waals surface area contributed by atoms with Crippen LogP contribution in [0.4, 0.5) is 0 Å². The van der Waals surface area contributed by atoms with Crippen LogP contribution < -0.4 is 0 Å². The predicted molar refractivity (Wildman–Crippen MR) is 78.6 cm³/mol. The molecule has 84 valence electrons. The summed E-state index contributed by atoms with van der Waals surface area (Å²) in [5.74, 6) is 0. The van der Waals surface area contributed by atoms with Gasteiger partial charge in [0, 0.05) is 14.7 Å². The van der Waals surface area contributed by atoms with Crippen molar-refractivity contribution in [3.8, 4) is 0 Å². The first-order valence-corrected chi connectivity index (χ1v) is 6.81. The Morgan fingerprint density at radius 3 is 2.62 bits per heavy atom. The highest BCUT2D eigenvalue weighted by Crippen LogP contribution is 2.33. The third kappa shape index (κ3) is 2.03. The van der Waals surface area contributed by atoms with Gasteiger partial charge in [-0.3, -0.25) is 4.98 Å². The molecule has 0 saturated carbocycles. The van der Waals surface area contributed by atoms with Crippen molar-refractivity contribution in [2.45, 2.75) is 20.3 Å². The summed E-state index contributed by atoms with van der Waals surface area (Å²) in [6, 6.07) is 3.93. The van der Waals surface area contributed by atoms with Crippen molar-refractivity contribution in [1.29, 1.82) is 0 Å². The molecule has 0 fully saturated rings. The monoisotopic (exact) mass is 365 g/mol. The van der Waals surface area contributed by atoms with Crippen molar-refractivity contribution in [3.63, 3.8) is 0 Å². The average Bonchev–Trinajstić information content (AvgIpc) is 2.21. The average molecular weight is 366 g/mol. The van der Waals surface area contributed by atoms with Crippen molar-refractivity contribution in [2.24, 2.45) is 0 Å². The van der Waals surface area contributed by atoms with Crippen molar-refractivity contribution in [1.82, 2.24) is 4.98 Å². The minimum atomic E-state index is 0.662. The van der Waals surface area contributed by atoms with Crippen LogP contribution >= 0.6 is 45.8 Å². The summed E-state index contributed by atoms with van der Waals surface area (Å²) in [5.41, 5.74) is 2.86. The van der Waals surface area contributed by atoms with Crippen molar-refractivity contribution >= 4 is 56.7 Å². The zero-order valence-corrected chi connectivity index (χ0v) is 12.6. The molecule has 2 aromatic rings. The molecule has 16 heavy (non-hydrogen) atoms. The van der Waals surface area contributed by atoms with Crippen LogP contribution in [0.2, 0.25) is 10.0 Å². The molecule has 0 amide bonds. The van der Waals surface area contributed by atoms with E-state index in [1.165, 1.54) is 0 Å². The lowest BCUT2D eigenvalue weighted by molar-refractivity contribution is 1.07. The third-order valence-electron chi connectivity index (χ3n) is 2.60. The van der Waals surface area contributed by atoms with E-state index in [0.717, 1.165) is 37.2 Å². The van der Waals surface area contributed by atoms with Crippen LogP contribution in [-0.4, -0.2) is 4.98 Å². The number of hydrogen-bond acceptors (Lipinski definition) is 1. The molecule has 0 aliphatic carbocycles. The summed E-state index contributed by atoms with van der Waals surface area (Å²) < 4.78 is 1.07. The maximum atomic E-state index is 6.39. The molecule has 0 spiro atoms. The van der Waals surface area contributed by atoms with E-state index in [9.17, 15) is 0 Å². The van der Waals surface area contributed by atoms with Crippen LogP contribution in [0.15, 0.2) is 12.1 Å². The zero-order chi connectivity index (χ0) is 11.9. The molecule has 2 rings (SSSR count). The van der Waals surface area contributed by atoms with Gasteiger partial charge in [-0.2, -0.15) is 0 Å². The summed E-state index contributed by atoms with van der Waals surface area (Å²) in [7, 11) is 0. The Hall–Kier alpha value is -0.0600. The largest absolute Gasteiger partial charge is 0.251 e. The minimum absolute atomic E-state index is 0.662. The molecule has 0 bridgehead atoms. The highest BCUT2D eigenvalue weighted by Gasteiger charge is 2.12. The molecule has 0 aliphatic heterocycles. The van der Waals surface area contributed by atoms with Crippen LogP contribution in [-0.2, 0) is 6.42 Å². The van der Waals surface area contributed by atoms with Gasteiger partial charge >= 0.3 is 0 Å². The second-order valence-corrected chi connectivity index (χ2v) is 5.66. The zero-order valence-electron chi connectivity index (χ0n) is 8.94. The van der Waals surface area contributed by atoms with Gasteiger partial charge in [-0.25, -0.2) is 0 Å². The summed E-state index contributed by atoms with van der Waals surface area (Å²) in [6.45, 7) is 4.05. The van der Waals surface area contributed by atoms with Gasteiger partial charge in [0.2, 0.25) is 0 Å². The number of fused-ring (bicyclic) bond motifs is 1. The molecular formula is C12H10Cl2IN. The SMILES string of the molecule is CCc1c(C)nc2c(Cl)cc(I)cc2c1Cl. The number of hydrogen-bond donors (Lipinski definition) is 0. The lowest BCUT2D eigenvalue weighted by atomic mass is 10.1. The highest BCUT2D eigenvalue weighted by atomic mass is 127. The van der Waals surface area contributed by atoms with E-state index in [2.05, 4.69) is 34.5 Å². The van der Waals surface area contributed by atoms with Crippen LogP contribution in [0, 0.1) is 10.5 Å². The van der Waals surface area contributed by atoms with Crippen molar-refractivity contribution in [2.75, 3.05) is 0 Å². The maximum Gasteiger partial charge on any atom is 0.0907 e. The van der Waals surface area contributed by atoms with Crippen molar-refractivity contribution < 1.29 is 0 Å². The Morgan fingerprint density at radius 1 is 1.31 bits per heavy atom. The molecule has 0 N–H and O–H groups in total. The Kier molecular flexibility index (Phi) is 3.62. The predicted octanol–water partition coefficient (Wildman–Crippen LogP) is 5.02. The molecule has 0 atom stereocenters. The van der Waals surface area contributed by atoms with E-state index in [-0.39, 0.29) is 0 Å². The van der Waals surface area contributed by atoms with Gasteiger partial charge in [0.1, 0.15) is 0 Å². The topological polar surface area (TPSA) is 12.9 Å². The molecule has 1 heterocycles. The van der Waals surface area contributed by atoms with E-state index in [1.54, 1.807) is 0 Å². The standard InChI is InChI=1S/C12H10Cl2IN/c1-3-8-6(2)16-12-9(11(8)14)4-7(15)5-10(12)13/h4-5H,3H2,1-2H3. The molecule has 0 saturated heterocycles. The second-order valence-electron chi connectivity index (χ2n) is 3.63. The number of nitrogens with zero attached hydrogens (tertiary/aromatic N) is 1. The van der Waals surface area contributed by atoms with E-state index < -0.39 is 0 Å². The van der Waals surface area contributed by atoms with Gasteiger partial charge < -0.3 is 0 Å². The smallest absolute Gasteiger partial charge is 0.0907 e. The van der Waals surface area contributed by atoms with Gasteiger partial charge in [-0.1, -0.05) is 30.1 Å². The summed E-state index contributed by atoms with van der Waals surface area (Å²) in [5, 5.41) is 2.39. The van der Waals surface area contributed by atoms with Crippen molar-refractivity contribution in [3.05, 3.63) is 37.0 Å². The van der Waals surface area contributed by atoms with Gasteiger partial charge in [-0.15, -0.1) is 0 Å². The minimum Gasteiger partial charge on any atom is -0.251 e. The van der Waals surface area contributed by atoms with Gasteiger partial charge in [0.25, 0.3) is 0 Å². The maximum absolute atomic E-state index is 6.39. The first-order valence-electron chi connectivity index (χ1n) is 4.98. The first kappa shape index (κ1) is 12.4. The lowest BCUT2D eigenvalue weighted by Crippen LogP contribution is -1.95. The molecule has 4 heteroatoms. The van der Waals surface area contributed by atoms with E-state index in [0.29, 0.717) is 5.02 Å². The van der Waals surface area contributed by atoms with E-state index in [1.807, 2.05) is 19.1 Å². The number of aromatic nitrogens is 1. The Bertz CT molecular complexity index is 567. The first-order chi connectivity index (χ1) is 7.54. The number of aryl methyl sites for hydroxylation is 1. The fourth-order valence-electron chi connectivity index (χ4n) is 1.81.